The minimum Gasteiger partial charge on any atom is -0.491 e. The Morgan fingerprint density at radius 1 is 1.18 bits per heavy atom. The largest absolute Gasteiger partial charge is 0.491 e. The van der Waals surface area contributed by atoms with Gasteiger partial charge in [0, 0.05) is 5.56 Å². The highest BCUT2D eigenvalue weighted by molar-refractivity contribution is 6.12. The lowest BCUT2D eigenvalue weighted by atomic mass is 10.1. The second-order valence-electron chi connectivity index (χ2n) is 6.24. The Hall–Kier alpha value is -3.22. The number of amides is 2. The summed E-state index contributed by atoms with van der Waals surface area (Å²) in [5, 5.41) is 0. The number of Topliss-reactive ketones (excluding diaryl/α,β-unsaturated/α-hetero) is 1. The molecule has 0 fully saturated rings. The van der Waals surface area contributed by atoms with Crippen LogP contribution in [0.5, 0.6) is 11.5 Å². The first-order valence-corrected chi connectivity index (χ1v) is 9.03. The summed E-state index contributed by atoms with van der Waals surface area (Å²) in [6.07, 6.45) is -0.541. The van der Waals surface area contributed by atoms with Crippen molar-refractivity contribution in [3.63, 3.8) is 0 Å². The molecule has 0 aliphatic carbocycles. The molecule has 0 bridgehead atoms. The third kappa shape index (κ3) is 3.74. The van der Waals surface area contributed by atoms with E-state index >= 15 is 0 Å². The Bertz CT molecular complexity index is 927. The van der Waals surface area contributed by atoms with Gasteiger partial charge in [-0.05, 0) is 43.7 Å². The van der Waals surface area contributed by atoms with Crippen molar-refractivity contribution in [2.75, 3.05) is 13.2 Å². The molecule has 2 aromatic rings. The average Bonchev–Trinajstić information content (AvgIpc) is 2.79. The van der Waals surface area contributed by atoms with E-state index in [4.69, 9.17) is 9.47 Å². The van der Waals surface area contributed by atoms with Gasteiger partial charge in [0.2, 0.25) is 0 Å². The topological polar surface area (TPSA) is 72.9 Å². The highest BCUT2D eigenvalue weighted by Gasteiger charge is 2.36. The van der Waals surface area contributed by atoms with Crippen LogP contribution < -0.4 is 9.47 Å². The molecule has 2 amide bonds. The van der Waals surface area contributed by atoms with Gasteiger partial charge in [0.25, 0.3) is 11.8 Å². The molecule has 0 N–H and O–H groups in total. The molecule has 28 heavy (non-hydrogen) atoms. The van der Waals surface area contributed by atoms with Crippen LogP contribution in [0.15, 0.2) is 42.5 Å². The van der Waals surface area contributed by atoms with Crippen molar-refractivity contribution >= 4 is 17.6 Å². The van der Waals surface area contributed by atoms with Crippen molar-refractivity contribution in [2.24, 2.45) is 0 Å². The van der Waals surface area contributed by atoms with Crippen LogP contribution in [0.1, 0.15) is 41.0 Å². The molecule has 0 saturated heterocycles. The zero-order chi connectivity index (χ0) is 20.3. The maximum Gasteiger partial charge on any atom is 0.270 e. The van der Waals surface area contributed by atoms with Gasteiger partial charge >= 0.3 is 0 Å². The standard InChI is InChI=1S/C21H20FNO5/c1-3-17-21(26)23(20(25)14-7-5-6-8-18(14)28-17)12-16(24)13-9-10-19(27-4-2)15(22)11-13/h5-11,17H,3-4,12H2,1-2H3/t17-/m1/s1. The summed E-state index contributed by atoms with van der Waals surface area (Å²) in [6, 6.07) is 10.3. The third-order valence-electron chi connectivity index (χ3n) is 4.40. The number of hydrogen-bond acceptors (Lipinski definition) is 5. The number of imide groups is 1. The Morgan fingerprint density at radius 3 is 2.61 bits per heavy atom. The minimum atomic E-state index is -0.877. The highest BCUT2D eigenvalue weighted by atomic mass is 19.1. The number of halogens is 1. The highest BCUT2D eigenvalue weighted by Crippen LogP contribution is 2.27. The second kappa shape index (κ2) is 8.21. The number of carbonyl (C=O) groups excluding carboxylic acids is 3. The maximum atomic E-state index is 14.1. The number of ether oxygens (including phenoxy) is 2. The monoisotopic (exact) mass is 385 g/mol. The van der Waals surface area contributed by atoms with Crippen LogP contribution in [-0.2, 0) is 4.79 Å². The first kappa shape index (κ1) is 19.5. The molecule has 0 saturated carbocycles. The summed E-state index contributed by atoms with van der Waals surface area (Å²) in [5.74, 6) is -2.11. The Balaban J connectivity index is 1.89. The van der Waals surface area contributed by atoms with Gasteiger partial charge in [0.15, 0.2) is 23.5 Å². The predicted octanol–water partition coefficient (Wildman–Crippen LogP) is 3.25. The van der Waals surface area contributed by atoms with Crippen molar-refractivity contribution in [3.05, 3.63) is 59.4 Å². The fourth-order valence-electron chi connectivity index (χ4n) is 2.96. The number of nitrogens with zero attached hydrogens (tertiary/aromatic N) is 1. The molecule has 0 radical (unpaired) electrons. The van der Waals surface area contributed by atoms with Gasteiger partial charge in [-0.15, -0.1) is 0 Å². The third-order valence-corrected chi connectivity index (χ3v) is 4.40. The Labute approximate surface area is 161 Å². The van der Waals surface area contributed by atoms with Crippen LogP contribution in [0.2, 0.25) is 0 Å². The molecule has 7 heteroatoms. The summed E-state index contributed by atoms with van der Waals surface area (Å²) in [4.78, 5) is 39.1. The summed E-state index contributed by atoms with van der Waals surface area (Å²) >= 11 is 0. The van der Waals surface area contributed by atoms with E-state index in [9.17, 15) is 18.8 Å². The number of benzene rings is 2. The van der Waals surface area contributed by atoms with E-state index in [-0.39, 0.29) is 16.9 Å². The van der Waals surface area contributed by atoms with Crippen molar-refractivity contribution < 1.29 is 28.2 Å². The fraction of sp³-hybridized carbons (Fsp3) is 0.286. The minimum absolute atomic E-state index is 0.0364. The molecular weight excluding hydrogens is 365 g/mol. The van der Waals surface area contributed by atoms with Gasteiger partial charge in [-0.3, -0.25) is 19.3 Å². The first-order chi connectivity index (χ1) is 13.5. The molecule has 1 atom stereocenters. The molecule has 2 aromatic carbocycles. The van der Waals surface area contributed by atoms with Gasteiger partial charge in [-0.2, -0.15) is 0 Å². The van der Waals surface area contributed by atoms with Gasteiger partial charge < -0.3 is 9.47 Å². The molecule has 0 unspecified atom stereocenters. The van der Waals surface area contributed by atoms with Crippen molar-refractivity contribution in [3.8, 4) is 11.5 Å². The molecule has 0 aromatic heterocycles. The van der Waals surface area contributed by atoms with Crippen LogP contribution in [0.4, 0.5) is 4.39 Å². The number of ketones is 1. The summed E-state index contributed by atoms with van der Waals surface area (Å²) in [5.41, 5.74) is 0.255. The van der Waals surface area contributed by atoms with Crippen molar-refractivity contribution in [2.45, 2.75) is 26.4 Å². The lowest BCUT2D eigenvalue weighted by Gasteiger charge is -2.21. The van der Waals surface area contributed by atoms with Crippen LogP contribution >= 0.6 is 0 Å². The predicted molar refractivity (Wildman–Crippen MR) is 99.1 cm³/mol. The molecule has 146 valence electrons. The zero-order valence-corrected chi connectivity index (χ0v) is 15.6. The first-order valence-electron chi connectivity index (χ1n) is 9.03. The lowest BCUT2D eigenvalue weighted by molar-refractivity contribution is -0.135. The Kier molecular flexibility index (Phi) is 5.73. The smallest absolute Gasteiger partial charge is 0.270 e. The molecule has 3 rings (SSSR count). The molecule has 1 aliphatic rings. The average molecular weight is 385 g/mol. The van der Waals surface area contributed by atoms with E-state index in [1.807, 2.05) is 0 Å². The number of fused-ring (bicyclic) bond motifs is 1. The number of hydrogen-bond donors (Lipinski definition) is 0. The van der Waals surface area contributed by atoms with E-state index in [0.29, 0.717) is 18.8 Å². The molecule has 1 heterocycles. The number of carbonyl (C=O) groups is 3. The number of para-hydroxylation sites is 1. The molecule has 6 nitrogen and oxygen atoms in total. The summed E-state index contributed by atoms with van der Waals surface area (Å²) in [6.45, 7) is 3.26. The van der Waals surface area contributed by atoms with Gasteiger partial charge in [0.05, 0.1) is 18.7 Å². The van der Waals surface area contributed by atoms with Gasteiger partial charge in [-0.25, -0.2) is 4.39 Å². The van der Waals surface area contributed by atoms with Crippen LogP contribution in [0.3, 0.4) is 0 Å². The fourth-order valence-corrected chi connectivity index (χ4v) is 2.96. The molecule has 0 spiro atoms. The van der Waals surface area contributed by atoms with E-state index < -0.39 is 36.1 Å². The molecule has 1 aliphatic heterocycles. The van der Waals surface area contributed by atoms with Crippen molar-refractivity contribution in [1.29, 1.82) is 0 Å². The Morgan fingerprint density at radius 2 is 1.93 bits per heavy atom. The van der Waals surface area contributed by atoms with Crippen LogP contribution in [0.25, 0.3) is 0 Å². The van der Waals surface area contributed by atoms with Crippen LogP contribution in [-0.4, -0.2) is 41.8 Å². The van der Waals surface area contributed by atoms with Gasteiger partial charge in [-0.1, -0.05) is 19.1 Å². The maximum absolute atomic E-state index is 14.1. The normalized spacial score (nSPS) is 16.2. The second-order valence-corrected chi connectivity index (χ2v) is 6.24. The van der Waals surface area contributed by atoms with Crippen LogP contribution in [0, 0.1) is 5.82 Å². The van der Waals surface area contributed by atoms with Crippen molar-refractivity contribution in [1.82, 2.24) is 4.90 Å². The van der Waals surface area contributed by atoms with E-state index in [2.05, 4.69) is 0 Å². The quantitative estimate of drug-likeness (QED) is 0.564. The van der Waals surface area contributed by atoms with E-state index in [0.717, 1.165) is 11.0 Å². The number of rotatable bonds is 6. The van der Waals surface area contributed by atoms with E-state index in [1.54, 1.807) is 32.0 Å². The van der Waals surface area contributed by atoms with Gasteiger partial charge in [0.1, 0.15) is 5.75 Å². The zero-order valence-electron chi connectivity index (χ0n) is 15.6. The summed E-state index contributed by atoms with van der Waals surface area (Å²) in [7, 11) is 0. The lowest BCUT2D eigenvalue weighted by Crippen LogP contribution is -2.45. The summed E-state index contributed by atoms with van der Waals surface area (Å²) < 4.78 is 24.8. The molecular formula is C21H20FNO5. The SMILES string of the molecule is CCOc1ccc(C(=O)CN2C(=O)c3ccccc3O[C@H](CC)C2=O)cc1F. The van der Waals surface area contributed by atoms with E-state index in [1.165, 1.54) is 18.2 Å².